The van der Waals surface area contributed by atoms with Crippen LogP contribution in [-0.4, -0.2) is 12.5 Å². The first-order valence-electron chi connectivity index (χ1n) is 8.55. The molecule has 1 aliphatic carbocycles. The van der Waals surface area contributed by atoms with Gasteiger partial charge >= 0.3 is 0 Å². The van der Waals surface area contributed by atoms with Crippen molar-refractivity contribution >= 4 is 24.0 Å². The van der Waals surface area contributed by atoms with E-state index in [-0.39, 0.29) is 24.1 Å². The topological polar surface area (TPSA) is 41.1 Å². The number of benzene rings is 1. The summed E-state index contributed by atoms with van der Waals surface area (Å²) in [6, 6.07) is 3.61. The minimum atomic E-state index is -0.245. The molecule has 1 fully saturated rings. The summed E-state index contributed by atoms with van der Waals surface area (Å²) in [6.45, 7) is 1.51. The first kappa shape index (κ1) is 18.2. The Kier molecular flexibility index (Phi) is 6.85. The molecule has 23 heavy (non-hydrogen) atoms. The van der Waals surface area contributed by atoms with Crippen molar-refractivity contribution in [3.8, 4) is 0 Å². The molecule has 0 radical (unpaired) electrons. The molecule has 2 N–H and O–H groups in total. The molecule has 1 aromatic rings. The van der Waals surface area contributed by atoms with E-state index in [2.05, 4.69) is 10.6 Å². The van der Waals surface area contributed by atoms with E-state index in [0.29, 0.717) is 31.0 Å². The average molecular weight is 341 g/mol. The van der Waals surface area contributed by atoms with E-state index >= 15 is 0 Å². The number of rotatable bonds is 4. The summed E-state index contributed by atoms with van der Waals surface area (Å²) in [5.41, 5.74) is 2.10. The van der Waals surface area contributed by atoms with Crippen molar-refractivity contribution in [1.29, 1.82) is 0 Å². The van der Waals surface area contributed by atoms with Crippen LogP contribution in [0.25, 0.3) is 0 Å². The summed E-state index contributed by atoms with van der Waals surface area (Å²) >= 11 is 0. The molecule has 0 aromatic heterocycles. The summed E-state index contributed by atoms with van der Waals surface area (Å²) in [4.78, 5) is 12.1. The monoisotopic (exact) mass is 340 g/mol. The second kappa shape index (κ2) is 8.65. The average Bonchev–Trinajstić information content (AvgIpc) is 2.57. The van der Waals surface area contributed by atoms with Crippen LogP contribution >= 0.6 is 12.4 Å². The number of hydrogen-bond donors (Lipinski definition) is 2. The van der Waals surface area contributed by atoms with Gasteiger partial charge in [-0.05, 0) is 42.5 Å². The van der Waals surface area contributed by atoms with E-state index in [1.165, 1.54) is 32.1 Å². The van der Waals surface area contributed by atoms with Crippen LogP contribution in [0.15, 0.2) is 12.1 Å². The number of hydrogen-bond acceptors (Lipinski definition) is 2. The minimum Gasteiger partial charge on any atom is -0.324 e. The molecule has 5 heteroatoms. The lowest BCUT2D eigenvalue weighted by Crippen LogP contribution is -2.25. The molecule has 3 rings (SSSR count). The molecule has 1 saturated carbocycles. The fourth-order valence-electron chi connectivity index (χ4n) is 3.65. The molecule has 0 unspecified atom stereocenters. The normalized spacial score (nSPS) is 18.0. The Balaban J connectivity index is 0.00000192. The van der Waals surface area contributed by atoms with Crippen molar-refractivity contribution in [2.75, 3.05) is 11.9 Å². The van der Waals surface area contributed by atoms with Crippen molar-refractivity contribution in [3.05, 3.63) is 29.1 Å². The Morgan fingerprint density at radius 1 is 1.26 bits per heavy atom. The number of carbonyl (C=O) groups excluding carboxylic acids is 1. The number of anilines is 1. The second-order valence-electron chi connectivity index (χ2n) is 6.58. The van der Waals surface area contributed by atoms with Gasteiger partial charge in [0.1, 0.15) is 5.82 Å². The largest absolute Gasteiger partial charge is 0.324 e. The highest BCUT2D eigenvalue weighted by Gasteiger charge is 2.18. The SMILES string of the molecule is Cl.O=C(CCC1CCCCC1)Nc1ccc2c(c1F)CCNC2. The van der Waals surface area contributed by atoms with Gasteiger partial charge in [0.2, 0.25) is 5.91 Å². The number of nitrogens with one attached hydrogen (secondary N) is 2. The smallest absolute Gasteiger partial charge is 0.224 e. The van der Waals surface area contributed by atoms with E-state index in [1.807, 2.05) is 6.07 Å². The second-order valence-corrected chi connectivity index (χ2v) is 6.58. The van der Waals surface area contributed by atoms with Gasteiger partial charge in [0.15, 0.2) is 0 Å². The maximum Gasteiger partial charge on any atom is 0.224 e. The fourth-order valence-corrected chi connectivity index (χ4v) is 3.65. The predicted molar refractivity (Wildman–Crippen MR) is 93.5 cm³/mol. The Morgan fingerprint density at radius 2 is 2.04 bits per heavy atom. The molecule has 1 aliphatic heterocycles. The number of halogens is 2. The first-order chi connectivity index (χ1) is 10.7. The van der Waals surface area contributed by atoms with Gasteiger partial charge in [-0.25, -0.2) is 4.39 Å². The lowest BCUT2D eigenvalue weighted by Gasteiger charge is -2.21. The number of fused-ring (bicyclic) bond motifs is 1. The van der Waals surface area contributed by atoms with Crippen LogP contribution < -0.4 is 10.6 Å². The third-order valence-electron chi connectivity index (χ3n) is 4.99. The zero-order valence-electron chi connectivity index (χ0n) is 13.5. The van der Waals surface area contributed by atoms with Crippen LogP contribution in [0, 0.1) is 11.7 Å². The molecule has 2 aliphatic rings. The van der Waals surface area contributed by atoms with Gasteiger partial charge in [0.25, 0.3) is 0 Å². The quantitative estimate of drug-likeness (QED) is 0.862. The van der Waals surface area contributed by atoms with Crippen LogP contribution in [0.1, 0.15) is 56.1 Å². The van der Waals surface area contributed by atoms with Gasteiger partial charge in [0.05, 0.1) is 5.69 Å². The van der Waals surface area contributed by atoms with Crippen LogP contribution in [0.2, 0.25) is 0 Å². The molecule has 1 aromatic carbocycles. The van der Waals surface area contributed by atoms with Crippen molar-refractivity contribution in [2.45, 2.75) is 57.9 Å². The van der Waals surface area contributed by atoms with Crippen LogP contribution in [-0.2, 0) is 17.8 Å². The van der Waals surface area contributed by atoms with Crippen LogP contribution in [0.3, 0.4) is 0 Å². The molecule has 0 atom stereocenters. The van der Waals surface area contributed by atoms with Crippen molar-refractivity contribution in [2.24, 2.45) is 5.92 Å². The van der Waals surface area contributed by atoms with Crippen LogP contribution in [0.5, 0.6) is 0 Å². The summed E-state index contributed by atoms with van der Waals surface area (Å²) in [5.74, 6) is 0.377. The zero-order valence-corrected chi connectivity index (χ0v) is 14.3. The highest BCUT2D eigenvalue weighted by Crippen LogP contribution is 2.28. The number of carbonyl (C=O) groups is 1. The number of amides is 1. The standard InChI is InChI=1S/C18H25FN2O.ClH/c19-18-15-10-11-20-12-14(15)7-8-16(18)21-17(22)9-6-13-4-2-1-3-5-13;/h7-8,13,20H,1-6,9-12H2,(H,21,22);1H. The van der Waals surface area contributed by atoms with Gasteiger partial charge < -0.3 is 10.6 Å². The molecule has 0 bridgehead atoms. The molecule has 1 heterocycles. The molecule has 1 amide bonds. The fraction of sp³-hybridized carbons (Fsp3) is 0.611. The summed E-state index contributed by atoms with van der Waals surface area (Å²) in [5, 5.41) is 6.00. The Labute approximate surface area is 143 Å². The third-order valence-corrected chi connectivity index (χ3v) is 4.99. The lowest BCUT2D eigenvalue weighted by molar-refractivity contribution is -0.116. The predicted octanol–water partition coefficient (Wildman–Crippen LogP) is 4.19. The van der Waals surface area contributed by atoms with Gasteiger partial charge in [-0.2, -0.15) is 0 Å². The Morgan fingerprint density at radius 3 is 2.83 bits per heavy atom. The van der Waals surface area contributed by atoms with Gasteiger partial charge in [0, 0.05) is 13.0 Å². The lowest BCUT2D eigenvalue weighted by atomic mass is 9.86. The summed E-state index contributed by atoms with van der Waals surface area (Å²) in [6.07, 6.45) is 8.52. The van der Waals surface area contributed by atoms with E-state index in [4.69, 9.17) is 0 Å². The Hall–Kier alpha value is -1.13. The van der Waals surface area contributed by atoms with E-state index in [1.54, 1.807) is 6.07 Å². The third kappa shape index (κ3) is 4.67. The van der Waals surface area contributed by atoms with E-state index in [9.17, 15) is 9.18 Å². The van der Waals surface area contributed by atoms with Crippen LogP contribution in [0.4, 0.5) is 10.1 Å². The highest BCUT2D eigenvalue weighted by atomic mass is 35.5. The van der Waals surface area contributed by atoms with Crippen molar-refractivity contribution in [3.63, 3.8) is 0 Å². The van der Waals surface area contributed by atoms with E-state index in [0.717, 1.165) is 24.1 Å². The van der Waals surface area contributed by atoms with Gasteiger partial charge in [-0.15, -0.1) is 12.4 Å². The van der Waals surface area contributed by atoms with Crippen molar-refractivity contribution < 1.29 is 9.18 Å². The molecular weight excluding hydrogens is 315 g/mol. The summed E-state index contributed by atoms with van der Waals surface area (Å²) in [7, 11) is 0. The van der Waals surface area contributed by atoms with E-state index < -0.39 is 0 Å². The minimum absolute atomic E-state index is 0. The molecule has 0 spiro atoms. The maximum atomic E-state index is 14.5. The molecule has 128 valence electrons. The van der Waals surface area contributed by atoms with Gasteiger partial charge in [-0.3, -0.25) is 4.79 Å². The van der Waals surface area contributed by atoms with Gasteiger partial charge in [-0.1, -0.05) is 38.2 Å². The Bertz CT molecular complexity index is 544. The van der Waals surface area contributed by atoms with Crippen molar-refractivity contribution in [1.82, 2.24) is 5.32 Å². The molecule has 3 nitrogen and oxygen atoms in total. The summed E-state index contributed by atoms with van der Waals surface area (Å²) < 4.78 is 14.5. The highest BCUT2D eigenvalue weighted by molar-refractivity contribution is 5.91. The first-order valence-corrected chi connectivity index (χ1v) is 8.55. The maximum absolute atomic E-state index is 14.5. The molecular formula is C18H26ClFN2O. The molecule has 0 saturated heterocycles. The zero-order chi connectivity index (χ0) is 15.4.